The first-order chi connectivity index (χ1) is 7.72. The minimum atomic E-state index is -0.457. The van der Waals surface area contributed by atoms with Gasteiger partial charge >= 0.3 is 5.97 Å². The molecule has 0 aliphatic carbocycles. The van der Waals surface area contributed by atoms with Crippen LogP contribution in [0.3, 0.4) is 0 Å². The SMILES string of the molecule is COC(=O)c1cnn(-c2ccccc2O)c1. The van der Waals surface area contributed by atoms with Crippen LogP contribution in [0.4, 0.5) is 0 Å². The molecule has 0 aliphatic heterocycles. The molecule has 1 heterocycles. The van der Waals surface area contributed by atoms with Crippen LogP contribution in [0.1, 0.15) is 10.4 Å². The van der Waals surface area contributed by atoms with Gasteiger partial charge in [-0.25, -0.2) is 9.48 Å². The highest BCUT2D eigenvalue weighted by atomic mass is 16.5. The summed E-state index contributed by atoms with van der Waals surface area (Å²) in [4.78, 5) is 11.2. The summed E-state index contributed by atoms with van der Waals surface area (Å²) in [5.41, 5.74) is 0.850. The number of benzene rings is 1. The molecule has 0 saturated heterocycles. The van der Waals surface area contributed by atoms with Crippen LogP contribution in [0, 0.1) is 0 Å². The number of aromatic nitrogens is 2. The minimum absolute atomic E-state index is 0.0991. The molecule has 5 nitrogen and oxygen atoms in total. The molecule has 2 rings (SSSR count). The third kappa shape index (κ3) is 1.75. The smallest absolute Gasteiger partial charge is 0.341 e. The third-order valence-electron chi connectivity index (χ3n) is 2.13. The van der Waals surface area contributed by atoms with Crippen LogP contribution in [0.15, 0.2) is 36.7 Å². The molecule has 16 heavy (non-hydrogen) atoms. The van der Waals surface area contributed by atoms with Crippen molar-refractivity contribution in [1.82, 2.24) is 9.78 Å². The molecule has 0 aliphatic rings. The Bertz CT molecular complexity index is 519. The van der Waals surface area contributed by atoms with Crippen LogP contribution >= 0.6 is 0 Å². The highest BCUT2D eigenvalue weighted by molar-refractivity contribution is 5.88. The quantitative estimate of drug-likeness (QED) is 0.773. The van der Waals surface area contributed by atoms with Crippen LogP contribution in [-0.2, 0) is 4.74 Å². The van der Waals surface area contributed by atoms with E-state index in [4.69, 9.17) is 0 Å². The standard InChI is InChI=1S/C11H10N2O3/c1-16-11(15)8-6-12-13(7-8)9-4-2-3-5-10(9)14/h2-7,14H,1H3. The molecule has 0 bridgehead atoms. The van der Waals surface area contributed by atoms with Crippen molar-refractivity contribution in [3.8, 4) is 11.4 Å². The van der Waals surface area contributed by atoms with Gasteiger partial charge < -0.3 is 9.84 Å². The minimum Gasteiger partial charge on any atom is -0.506 e. The van der Waals surface area contributed by atoms with Crippen LogP contribution < -0.4 is 0 Å². The van der Waals surface area contributed by atoms with Crippen molar-refractivity contribution >= 4 is 5.97 Å². The Balaban J connectivity index is 2.39. The predicted molar refractivity (Wildman–Crippen MR) is 56.6 cm³/mol. The number of methoxy groups -OCH3 is 1. The van der Waals surface area contributed by atoms with Crippen LogP contribution in [0.5, 0.6) is 5.75 Å². The second-order valence-corrected chi connectivity index (χ2v) is 3.15. The van der Waals surface area contributed by atoms with E-state index in [-0.39, 0.29) is 5.75 Å². The molecule has 1 aromatic heterocycles. The fraction of sp³-hybridized carbons (Fsp3) is 0.0909. The van der Waals surface area contributed by atoms with Gasteiger partial charge in [0.1, 0.15) is 11.4 Å². The zero-order valence-electron chi connectivity index (χ0n) is 8.62. The lowest BCUT2D eigenvalue weighted by atomic mass is 10.3. The monoisotopic (exact) mass is 218 g/mol. The number of rotatable bonds is 2. The zero-order valence-corrected chi connectivity index (χ0v) is 8.62. The van der Waals surface area contributed by atoms with E-state index in [9.17, 15) is 9.90 Å². The van der Waals surface area contributed by atoms with Crippen LogP contribution in [-0.4, -0.2) is 28.0 Å². The first-order valence-corrected chi connectivity index (χ1v) is 4.63. The number of phenolic OH excluding ortho intramolecular Hbond substituents is 1. The Kier molecular flexibility index (Phi) is 2.59. The van der Waals surface area contributed by atoms with Gasteiger partial charge in [0.15, 0.2) is 0 Å². The summed E-state index contributed by atoms with van der Waals surface area (Å²) in [7, 11) is 1.31. The predicted octanol–water partition coefficient (Wildman–Crippen LogP) is 1.36. The van der Waals surface area contributed by atoms with Crippen molar-refractivity contribution in [1.29, 1.82) is 0 Å². The summed E-state index contributed by atoms with van der Waals surface area (Å²) < 4.78 is 5.98. The Labute approximate surface area is 91.9 Å². The molecule has 0 amide bonds. The third-order valence-corrected chi connectivity index (χ3v) is 2.13. The number of phenols is 1. The van der Waals surface area contributed by atoms with E-state index in [1.165, 1.54) is 24.2 Å². The second-order valence-electron chi connectivity index (χ2n) is 3.15. The van der Waals surface area contributed by atoms with Gasteiger partial charge in [-0.05, 0) is 12.1 Å². The van der Waals surface area contributed by atoms with Crippen LogP contribution in [0.25, 0.3) is 5.69 Å². The molecule has 0 atom stereocenters. The summed E-state index contributed by atoms with van der Waals surface area (Å²) >= 11 is 0. The molecule has 0 spiro atoms. The number of para-hydroxylation sites is 2. The van der Waals surface area contributed by atoms with E-state index in [1.807, 2.05) is 0 Å². The maximum Gasteiger partial charge on any atom is 0.341 e. The molecule has 2 aromatic rings. The van der Waals surface area contributed by atoms with E-state index in [1.54, 1.807) is 24.3 Å². The first kappa shape index (κ1) is 10.2. The first-order valence-electron chi connectivity index (χ1n) is 4.63. The number of esters is 1. The van der Waals surface area contributed by atoms with E-state index in [0.29, 0.717) is 11.3 Å². The van der Waals surface area contributed by atoms with Crippen molar-refractivity contribution in [2.45, 2.75) is 0 Å². The highest BCUT2D eigenvalue weighted by Gasteiger charge is 2.10. The number of ether oxygens (including phenoxy) is 1. The van der Waals surface area contributed by atoms with Crippen molar-refractivity contribution in [3.05, 3.63) is 42.2 Å². The largest absolute Gasteiger partial charge is 0.506 e. The van der Waals surface area contributed by atoms with E-state index < -0.39 is 5.97 Å². The Morgan fingerprint density at radius 1 is 1.44 bits per heavy atom. The van der Waals surface area contributed by atoms with Crippen LogP contribution in [0.2, 0.25) is 0 Å². The summed E-state index contributed by atoms with van der Waals surface area (Å²) in [5, 5.41) is 13.6. The summed E-state index contributed by atoms with van der Waals surface area (Å²) in [6.45, 7) is 0. The molecule has 0 saturated carbocycles. The van der Waals surface area contributed by atoms with E-state index in [0.717, 1.165) is 0 Å². The molecule has 0 unspecified atom stereocenters. The molecular weight excluding hydrogens is 208 g/mol. The maximum absolute atomic E-state index is 11.2. The number of hydrogen-bond acceptors (Lipinski definition) is 4. The molecule has 5 heteroatoms. The number of nitrogens with zero attached hydrogens (tertiary/aromatic N) is 2. The summed E-state index contributed by atoms with van der Waals surface area (Å²) in [6, 6.07) is 6.73. The van der Waals surface area contributed by atoms with Gasteiger partial charge in [0.25, 0.3) is 0 Å². The number of carbonyl (C=O) groups is 1. The highest BCUT2D eigenvalue weighted by Crippen LogP contribution is 2.20. The van der Waals surface area contributed by atoms with Crippen molar-refractivity contribution in [2.75, 3.05) is 7.11 Å². The Hall–Kier alpha value is -2.30. The molecule has 82 valence electrons. The second kappa shape index (κ2) is 4.06. The fourth-order valence-corrected chi connectivity index (χ4v) is 1.34. The lowest BCUT2D eigenvalue weighted by Gasteiger charge is -2.02. The lowest BCUT2D eigenvalue weighted by Crippen LogP contribution is -1.99. The van der Waals surface area contributed by atoms with E-state index >= 15 is 0 Å². The molecular formula is C11H10N2O3. The lowest BCUT2D eigenvalue weighted by molar-refractivity contribution is 0.0600. The summed E-state index contributed by atoms with van der Waals surface area (Å²) in [5.74, 6) is -0.358. The average Bonchev–Trinajstić information content (AvgIpc) is 2.78. The van der Waals surface area contributed by atoms with Gasteiger partial charge in [-0.15, -0.1) is 0 Å². The Morgan fingerprint density at radius 2 is 2.19 bits per heavy atom. The molecule has 1 aromatic carbocycles. The molecule has 1 N–H and O–H groups in total. The fourth-order valence-electron chi connectivity index (χ4n) is 1.34. The van der Waals surface area contributed by atoms with Crippen molar-refractivity contribution < 1.29 is 14.6 Å². The topological polar surface area (TPSA) is 64.3 Å². The van der Waals surface area contributed by atoms with Crippen molar-refractivity contribution in [3.63, 3.8) is 0 Å². The number of carbonyl (C=O) groups excluding carboxylic acids is 1. The van der Waals surface area contributed by atoms with Gasteiger partial charge in [0.2, 0.25) is 0 Å². The van der Waals surface area contributed by atoms with Gasteiger partial charge in [-0.2, -0.15) is 5.10 Å². The number of aromatic hydroxyl groups is 1. The van der Waals surface area contributed by atoms with Gasteiger partial charge in [-0.3, -0.25) is 0 Å². The normalized spacial score (nSPS) is 10.1. The van der Waals surface area contributed by atoms with Gasteiger partial charge in [-0.1, -0.05) is 12.1 Å². The Morgan fingerprint density at radius 3 is 2.88 bits per heavy atom. The summed E-state index contributed by atoms with van der Waals surface area (Å²) in [6.07, 6.45) is 2.89. The number of hydrogen-bond donors (Lipinski definition) is 1. The van der Waals surface area contributed by atoms with E-state index in [2.05, 4.69) is 9.84 Å². The van der Waals surface area contributed by atoms with Gasteiger partial charge in [0.05, 0.1) is 18.9 Å². The molecule has 0 fully saturated rings. The zero-order chi connectivity index (χ0) is 11.5. The average molecular weight is 218 g/mol. The maximum atomic E-state index is 11.2. The molecule has 0 radical (unpaired) electrons. The van der Waals surface area contributed by atoms with Crippen molar-refractivity contribution in [2.24, 2.45) is 0 Å². The van der Waals surface area contributed by atoms with Gasteiger partial charge in [0, 0.05) is 6.20 Å².